The molecule has 0 saturated heterocycles. The van der Waals surface area contributed by atoms with Crippen molar-refractivity contribution in [2.45, 2.75) is 6.43 Å². The Kier molecular flexibility index (Phi) is 2.98. The maximum atomic E-state index is 12.2. The van der Waals surface area contributed by atoms with Gasteiger partial charge in [0.15, 0.2) is 0 Å². The second-order valence-corrected chi connectivity index (χ2v) is 3.17. The molecule has 68 valence electrons. The van der Waals surface area contributed by atoms with Crippen LogP contribution in [0, 0.1) is 15.0 Å². The summed E-state index contributed by atoms with van der Waals surface area (Å²) in [5.74, 6) is -0.262. The van der Waals surface area contributed by atoms with E-state index in [1.54, 1.807) is 22.6 Å². The lowest BCUT2D eigenvalue weighted by Crippen LogP contribution is -1.97. The van der Waals surface area contributed by atoms with Crippen LogP contribution in [0.15, 0.2) is 6.07 Å². The number of aromatic hydroxyl groups is 1. The van der Waals surface area contributed by atoms with E-state index in [1.807, 2.05) is 0 Å². The molecule has 0 amide bonds. The summed E-state index contributed by atoms with van der Waals surface area (Å²) in [7, 11) is 0. The molecular weight excluding hydrogens is 293 g/mol. The van der Waals surface area contributed by atoms with Crippen molar-refractivity contribution in [2.24, 2.45) is 0 Å². The Hall–Kier alpha value is -0.970. The molecule has 1 aromatic heterocycles. The minimum Gasteiger partial charge on any atom is -0.505 e. The zero-order valence-corrected chi connectivity index (χ0v) is 8.29. The van der Waals surface area contributed by atoms with Gasteiger partial charge in [0.25, 0.3) is 6.43 Å². The fourth-order valence-corrected chi connectivity index (χ4v) is 1.16. The molecule has 0 fully saturated rings. The van der Waals surface area contributed by atoms with Crippen molar-refractivity contribution in [3.8, 4) is 11.8 Å². The first-order chi connectivity index (χ1) is 6.06. The van der Waals surface area contributed by atoms with Crippen molar-refractivity contribution in [3.63, 3.8) is 0 Å². The molecule has 1 heterocycles. The van der Waals surface area contributed by atoms with Crippen LogP contribution in [0.1, 0.15) is 17.7 Å². The first-order valence-electron chi connectivity index (χ1n) is 3.14. The summed E-state index contributed by atoms with van der Waals surface area (Å²) in [4.78, 5) is 3.41. The molecule has 1 N–H and O–H groups in total. The molecule has 3 nitrogen and oxygen atoms in total. The lowest BCUT2D eigenvalue weighted by atomic mass is 10.2. The van der Waals surface area contributed by atoms with Crippen molar-refractivity contribution < 1.29 is 13.9 Å². The highest BCUT2D eigenvalue weighted by Crippen LogP contribution is 2.26. The van der Waals surface area contributed by atoms with Gasteiger partial charge in [0.2, 0.25) is 0 Å². The van der Waals surface area contributed by atoms with Gasteiger partial charge in [-0.15, -0.1) is 0 Å². The van der Waals surface area contributed by atoms with Gasteiger partial charge in [0.1, 0.15) is 21.2 Å². The molecule has 0 saturated carbocycles. The summed E-state index contributed by atoms with van der Waals surface area (Å²) in [6.07, 6.45) is -2.80. The average Bonchev–Trinajstić information content (AvgIpc) is 2.08. The normalized spacial score (nSPS) is 10.1. The van der Waals surface area contributed by atoms with E-state index in [0.29, 0.717) is 0 Å². The zero-order valence-electron chi connectivity index (χ0n) is 6.13. The molecule has 0 aliphatic carbocycles. The smallest absolute Gasteiger partial charge is 0.281 e. The van der Waals surface area contributed by atoms with Gasteiger partial charge in [-0.05, 0) is 22.6 Å². The van der Waals surface area contributed by atoms with E-state index in [2.05, 4.69) is 4.98 Å². The number of nitrogens with zero attached hydrogens (tertiary/aromatic N) is 2. The van der Waals surface area contributed by atoms with E-state index in [-0.39, 0.29) is 15.0 Å². The first kappa shape index (κ1) is 10.1. The third kappa shape index (κ3) is 2.03. The zero-order chi connectivity index (χ0) is 10.0. The van der Waals surface area contributed by atoms with Gasteiger partial charge in [-0.3, -0.25) is 0 Å². The molecule has 0 spiro atoms. The van der Waals surface area contributed by atoms with Gasteiger partial charge >= 0.3 is 0 Å². The number of alkyl halides is 2. The maximum Gasteiger partial charge on any atom is 0.281 e. The predicted octanol–water partition coefficient (Wildman–Crippen LogP) is 2.20. The molecule has 0 unspecified atom stereocenters. The minimum atomic E-state index is -2.80. The van der Waals surface area contributed by atoms with E-state index >= 15 is 0 Å². The Balaban J connectivity index is 3.35. The molecule has 0 bridgehead atoms. The molecular formula is C7H3F2IN2O. The average molecular weight is 296 g/mol. The van der Waals surface area contributed by atoms with Crippen molar-refractivity contribution in [3.05, 3.63) is 21.0 Å². The van der Waals surface area contributed by atoms with Crippen molar-refractivity contribution >= 4 is 22.6 Å². The Morgan fingerprint density at radius 1 is 1.62 bits per heavy atom. The summed E-state index contributed by atoms with van der Waals surface area (Å²) in [6, 6.07) is 2.52. The van der Waals surface area contributed by atoms with Gasteiger partial charge in [0.05, 0.1) is 5.56 Å². The van der Waals surface area contributed by atoms with Crippen LogP contribution in [0.4, 0.5) is 8.78 Å². The van der Waals surface area contributed by atoms with E-state index in [0.717, 1.165) is 6.07 Å². The number of pyridine rings is 1. The quantitative estimate of drug-likeness (QED) is 0.638. The van der Waals surface area contributed by atoms with Gasteiger partial charge in [0, 0.05) is 6.07 Å². The Labute approximate surface area is 86.2 Å². The van der Waals surface area contributed by atoms with Crippen LogP contribution in [0.3, 0.4) is 0 Å². The summed E-state index contributed by atoms with van der Waals surface area (Å²) < 4.78 is 24.5. The molecule has 1 rings (SSSR count). The summed E-state index contributed by atoms with van der Waals surface area (Å²) in [5, 5.41) is 17.5. The van der Waals surface area contributed by atoms with E-state index in [4.69, 9.17) is 10.4 Å². The van der Waals surface area contributed by atoms with Crippen molar-refractivity contribution in [2.75, 3.05) is 0 Å². The van der Waals surface area contributed by atoms with Crippen LogP contribution in [0.2, 0.25) is 0 Å². The standard InChI is InChI=1S/C7H3F2IN2O/c8-6(9)5-3(2-11)1-4(13)7(10)12-5/h1,6,13H. The fraction of sp³-hybridized carbons (Fsp3) is 0.143. The summed E-state index contributed by atoms with van der Waals surface area (Å²) in [5.41, 5.74) is -0.891. The lowest BCUT2D eigenvalue weighted by Gasteiger charge is -2.03. The Morgan fingerprint density at radius 3 is 2.69 bits per heavy atom. The maximum absolute atomic E-state index is 12.2. The highest BCUT2D eigenvalue weighted by molar-refractivity contribution is 14.1. The molecule has 0 aromatic carbocycles. The number of aromatic nitrogens is 1. The topological polar surface area (TPSA) is 56.9 Å². The van der Waals surface area contributed by atoms with Crippen molar-refractivity contribution in [1.82, 2.24) is 4.98 Å². The second-order valence-electron chi connectivity index (χ2n) is 2.14. The van der Waals surface area contributed by atoms with Gasteiger partial charge in [-0.25, -0.2) is 13.8 Å². The van der Waals surface area contributed by atoms with Gasteiger partial charge in [-0.2, -0.15) is 5.26 Å². The SMILES string of the molecule is N#Cc1cc(O)c(I)nc1C(F)F. The lowest BCUT2D eigenvalue weighted by molar-refractivity contribution is 0.145. The predicted molar refractivity (Wildman–Crippen MR) is 48.3 cm³/mol. The monoisotopic (exact) mass is 296 g/mol. The molecule has 0 atom stereocenters. The van der Waals surface area contributed by atoms with Crippen molar-refractivity contribution in [1.29, 1.82) is 5.26 Å². The molecule has 13 heavy (non-hydrogen) atoms. The van der Waals surface area contributed by atoms with Crippen LogP contribution >= 0.6 is 22.6 Å². The molecule has 0 aliphatic rings. The van der Waals surface area contributed by atoms with Gasteiger partial charge < -0.3 is 5.11 Å². The highest BCUT2D eigenvalue weighted by Gasteiger charge is 2.17. The molecule has 6 heteroatoms. The van der Waals surface area contributed by atoms with Crippen LogP contribution in [0.5, 0.6) is 5.75 Å². The Morgan fingerprint density at radius 2 is 2.23 bits per heavy atom. The Bertz CT molecular complexity index is 375. The largest absolute Gasteiger partial charge is 0.505 e. The third-order valence-corrected chi connectivity index (χ3v) is 2.11. The number of hydrogen-bond acceptors (Lipinski definition) is 3. The van der Waals surface area contributed by atoms with E-state index in [1.165, 1.54) is 6.07 Å². The number of nitriles is 1. The third-order valence-electron chi connectivity index (χ3n) is 1.31. The number of halogens is 3. The molecule has 1 aromatic rings. The van der Waals surface area contributed by atoms with Gasteiger partial charge in [-0.1, -0.05) is 0 Å². The number of rotatable bonds is 1. The highest BCUT2D eigenvalue weighted by atomic mass is 127. The molecule has 0 radical (unpaired) electrons. The van der Waals surface area contributed by atoms with Crippen LogP contribution in [-0.2, 0) is 0 Å². The summed E-state index contributed by atoms with van der Waals surface area (Å²) >= 11 is 1.61. The number of hydrogen-bond donors (Lipinski definition) is 1. The molecule has 0 aliphatic heterocycles. The first-order valence-corrected chi connectivity index (χ1v) is 4.21. The van der Waals surface area contributed by atoms with E-state index < -0.39 is 12.1 Å². The van der Waals surface area contributed by atoms with Crippen LogP contribution < -0.4 is 0 Å². The van der Waals surface area contributed by atoms with Crippen LogP contribution in [0.25, 0.3) is 0 Å². The summed E-state index contributed by atoms with van der Waals surface area (Å²) in [6.45, 7) is 0. The fourth-order valence-electron chi connectivity index (χ4n) is 0.749. The minimum absolute atomic E-state index is 0.0619. The second kappa shape index (κ2) is 3.83. The van der Waals surface area contributed by atoms with E-state index in [9.17, 15) is 8.78 Å². The van der Waals surface area contributed by atoms with Crippen LogP contribution in [-0.4, -0.2) is 10.1 Å².